The summed E-state index contributed by atoms with van der Waals surface area (Å²) in [5.41, 5.74) is 1.58. The van der Waals surface area contributed by atoms with E-state index >= 15 is 0 Å². The summed E-state index contributed by atoms with van der Waals surface area (Å²) in [5.74, 6) is -0.561. The molecule has 0 amide bonds. The lowest BCUT2D eigenvalue weighted by Gasteiger charge is -2.04. The van der Waals surface area contributed by atoms with E-state index in [4.69, 9.17) is 9.15 Å². The van der Waals surface area contributed by atoms with Gasteiger partial charge in [0.15, 0.2) is 5.76 Å². The summed E-state index contributed by atoms with van der Waals surface area (Å²) in [6.07, 6.45) is 1.44. The molecule has 0 saturated heterocycles. The van der Waals surface area contributed by atoms with Crippen LogP contribution in [0.4, 0.5) is 0 Å². The van der Waals surface area contributed by atoms with Crippen molar-refractivity contribution in [2.45, 2.75) is 6.92 Å². The third-order valence-corrected chi connectivity index (χ3v) is 3.44. The number of aromatic nitrogens is 1. The predicted molar refractivity (Wildman–Crippen MR) is 76.5 cm³/mol. The highest BCUT2D eigenvalue weighted by atomic mass is 16.5. The van der Waals surface area contributed by atoms with Crippen molar-refractivity contribution in [3.8, 4) is 0 Å². The Bertz CT molecular complexity index is 827. The molecular formula is C16H13NO4. The molecule has 0 N–H and O–H groups in total. The minimum absolute atomic E-state index is 0.218. The summed E-state index contributed by atoms with van der Waals surface area (Å²) in [4.78, 5) is 24.6. The highest BCUT2D eigenvalue weighted by Crippen LogP contribution is 2.27. The topological polar surface area (TPSA) is 61.4 Å². The van der Waals surface area contributed by atoms with Crippen LogP contribution in [-0.2, 0) is 4.74 Å². The number of ether oxygens (including phenoxy) is 1. The number of rotatable bonds is 2. The molecule has 2 heterocycles. The lowest BCUT2D eigenvalue weighted by atomic mass is 10.1. The molecule has 0 bridgehead atoms. The van der Waals surface area contributed by atoms with Crippen LogP contribution in [0.5, 0.6) is 0 Å². The maximum atomic E-state index is 12.6. The molecule has 5 nitrogen and oxygen atoms in total. The summed E-state index contributed by atoms with van der Waals surface area (Å²) in [6.45, 7) is 1.72. The van der Waals surface area contributed by atoms with Crippen molar-refractivity contribution in [1.82, 2.24) is 4.57 Å². The van der Waals surface area contributed by atoms with Crippen LogP contribution in [0.1, 0.15) is 26.6 Å². The second-order valence-electron chi connectivity index (χ2n) is 4.59. The van der Waals surface area contributed by atoms with E-state index in [2.05, 4.69) is 0 Å². The molecular weight excluding hydrogens is 270 g/mol. The van der Waals surface area contributed by atoms with Gasteiger partial charge in [-0.1, -0.05) is 18.2 Å². The fourth-order valence-electron chi connectivity index (χ4n) is 2.50. The fourth-order valence-corrected chi connectivity index (χ4v) is 2.50. The van der Waals surface area contributed by atoms with Crippen molar-refractivity contribution in [1.29, 1.82) is 0 Å². The number of hydrogen-bond acceptors (Lipinski definition) is 4. The molecule has 21 heavy (non-hydrogen) atoms. The van der Waals surface area contributed by atoms with Gasteiger partial charge < -0.3 is 9.15 Å². The Balaban J connectivity index is 2.31. The highest BCUT2D eigenvalue weighted by molar-refractivity contribution is 6.10. The van der Waals surface area contributed by atoms with Gasteiger partial charge in [-0.25, -0.2) is 4.79 Å². The normalized spacial score (nSPS) is 10.8. The fraction of sp³-hybridized carbons (Fsp3) is 0.125. The van der Waals surface area contributed by atoms with Crippen molar-refractivity contribution in [3.63, 3.8) is 0 Å². The third kappa shape index (κ3) is 1.94. The van der Waals surface area contributed by atoms with Crippen molar-refractivity contribution in [3.05, 3.63) is 59.7 Å². The number of esters is 1. The second kappa shape index (κ2) is 4.94. The van der Waals surface area contributed by atoms with E-state index in [1.807, 2.05) is 12.1 Å². The Morgan fingerprint density at radius 2 is 1.90 bits per heavy atom. The Morgan fingerprint density at radius 3 is 2.57 bits per heavy atom. The maximum Gasteiger partial charge on any atom is 0.340 e. The number of carbonyl (C=O) groups excluding carboxylic acids is 2. The molecule has 0 aliphatic carbocycles. The zero-order chi connectivity index (χ0) is 15.0. The maximum absolute atomic E-state index is 12.6. The molecule has 0 fully saturated rings. The Kier molecular flexibility index (Phi) is 3.10. The van der Waals surface area contributed by atoms with Gasteiger partial charge in [-0.2, -0.15) is 0 Å². The van der Waals surface area contributed by atoms with Gasteiger partial charge in [-0.05, 0) is 25.1 Å². The first-order valence-corrected chi connectivity index (χ1v) is 6.41. The average molecular weight is 283 g/mol. The molecule has 0 unspecified atom stereocenters. The van der Waals surface area contributed by atoms with E-state index < -0.39 is 5.97 Å². The molecule has 0 saturated carbocycles. The van der Waals surface area contributed by atoms with E-state index in [0.717, 1.165) is 0 Å². The second-order valence-corrected chi connectivity index (χ2v) is 4.59. The largest absolute Gasteiger partial charge is 0.465 e. The molecule has 5 heteroatoms. The van der Waals surface area contributed by atoms with Crippen LogP contribution in [0.15, 0.2) is 47.1 Å². The number of benzene rings is 1. The van der Waals surface area contributed by atoms with Gasteiger partial charge in [0.2, 0.25) is 0 Å². The van der Waals surface area contributed by atoms with E-state index in [-0.39, 0.29) is 11.7 Å². The Labute approximate surface area is 120 Å². The Hall–Kier alpha value is -2.82. The molecule has 0 aliphatic heterocycles. The van der Waals surface area contributed by atoms with Crippen LogP contribution in [-0.4, -0.2) is 23.6 Å². The van der Waals surface area contributed by atoms with Gasteiger partial charge in [0.25, 0.3) is 5.91 Å². The van der Waals surface area contributed by atoms with Crippen molar-refractivity contribution >= 4 is 22.8 Å². The zero-order valence-electron chi connectivity index (χ0n) is 11.6. The standard InChI is InChI=1S/C16H13NO4/c1-10-14(16(19)20-2)11-6-3-4-7-12(11)17(10)15(18)13-8-5-9-21-13/h3-9H,1-2H3. The summed E-state index contributed by atoms with van der Waals surface area (Å²) in [6, 6.07) is 10.4. The van der Waals surface area contributed by atoms with E-state index in [1.54, 1.807) is 31.2 Å². The number of para-hydroxylation sites is 1. The monoisotopic (exact) mass is 283 g/mol. The van der Waals surface area contributed by atoms with Gasteiger partial charge >= 0.3 is 5.97 Å². The summed E-state index contributed by atoms with van der Waals surface area (Å²) >= 11 is 0. The third-order valence-electron chi connectivity index (χ3n) is 3.44. The molecule has 0 aliphatic rings. The molecule has 3 rings (SSSR count). The van der Waals surface area contributed by atoms with Crippen molar-refractivity contribution < 1.29 is 18.7 Å². The van der Waals surface area contributed by atoms with Gasteiger partial charge in [0.05, 0.1) is 24.5 Å². The summed E-state index contributed by atoms with van der Waals surface area (Å²) < 4.78 is 11.5. The van der Waals surface area contributed by atoms with Crippen molar-refractivity contribution in [2.75, 3.05) is 7.11 Å². The number of methoxy groups -OCH3 is 1. The molecule has 3 aromatic rings. The van der Waals surface area contributed by atoms with Gasteiger partial charge in [-0.3, -0.25) is 9.36 Å². The van der Waals surface area contributed by atoms with Gasteiger partial charge in [-0.15, -0.1) is 0 Å². The predicted octanol–water partition coefficient (Wildman–Crippen LogP) is 3.02. The summed E-state index contributed by atoms with van der Waals surface area (Å²) in [5, 5.41) is 0.682. The quantitative estimate of drug-likeness (QED) is 0.678. The van der Waals surface area contributed by atoms with E-state index in [1.165, 1.54) is 17.9 Å². The Morgan fingerprint density at radius 1 is 1.14 bits per heavy atom. The highest BCUT2D eigenvalue weighted by Gasteiger charge is 2.24. The summed E-state index contributed by atoms with van der Waals surface area (Å²) in [7, 11) is 1.32. The van der Waals surface area contributed by atoms with Crippen LogP contribution in [0.2, 0.25) is 0 Å². The number of nitrogens with zero attached hydrogens (tertiary/aromatic N) is 1. The molecule has 1 aromatic carbocycles. The first kappa shape index (κ1) is 13.2. The average Bonchev–Trinajstić information content (AvgIpc) is 3.11. The first-order chi connectivity index (χ1) is 10.1. The molecule has 0 radical (unpaired) electrons. The number of hydrogen-bond donors (Lipinski definition) is 0. The molecule has 106 valence electrons. The van der Waals surface area contributed by atoms with E-state index in [0.29, 0.717) is 22.2 Å². The number of fused-ring (bicyclic) bond motifs is 1. The molecule has 2 aromatic heterocycles. The van der Waals surface area contributed by atoms with Crippen LogP contribution in [0, 0.1) is 6.92 Å². The SMILES string of the molecule is COC(=O)c1c(C)n(C(=O)c2ccco2)c2ccccc12. The van der Waals surface area contributed by atoms with Gasteiger partial charge in [0, 0.05) is 11.1 Å². The zero-order valence-corrected chi connectivity index (χ0v) is 11.6. The van der Waals surface area contributed by atoms with Crippen molar-refractivity contribution in [2.24, 2.45) is 0 Å². The minimum Gasteiger partial charge on any atom is -0.465 e. The lowest BCUT2D eigenvalue weighted by molar-refractivity contribution is 0.0602. The van der Waals surface area contributed by atoms with Crippen LogP contribution < -0.4 is 0 Å². The first-order valence-electron chi connectivity index (χ1n) is 6.41. The molecule has 0 spiro atoms. The van der Waals surface area contributed by atoms with Crippen LogP contribution in [0.3, 0.4) is 0 Å². The van der Waals surface area contributed by atoms with Crippen LogP contribution >= 0.6 is 0 Å². The van der Waals surface area contributed by atoms with E-state index in [9.17, 15) is 9.59 Å². The minimum atomic E-state index is -0.463. The van der Waals surface area contributed by atoms with Crippen LogP contribution in [0.25, 0.3) is 10.9 Å². The molecule has 0 atom stereocenters. The number of furan rings is 1. The number of carbonyl (C=O) groups is 2. The van der Waals surface area contributed by atoms with Gasteiger partial charge in [0.1, 0.15) is 0 Å². The lowest BCUT2D eigenvalue weighted by Crippen LogP contribution is -2.13. The smallest absolute Gasteiger partial charge is 0.340 e.